The molecule has 0 bridgehead atoms. The molecule has 0 radical (unpaired) electrons. The largest absolute Gasteiger partial charge is 0.396 e. The molecule has 2 amide bonds. The van der Waals surface area contributed by atoms with Gasteiger partial charge in [0.2, 0.25) is 0 Å². The lowest BCUT2D eigenvalue weighted by Gasteiger charge is -2.40. The maximum atomic E-state index is 12.5. The molecule has 4 heteroatoms. The van der Waals surface area contributed by atoms with Gasteiger partial charge >= 0.3 is 6.03 Å². The highest BCUT2D eigenvalue weighted by atomic mass is 16.3. The van der Waals surface area contributed by atoms with Crippen LogP contribution in [0.4, 0.5) is 4.79 Å². The minimum Gasteiger partial charge on any atom is -0.396 e. The quantitative estimate of drug-likeness (QED) is 0.736. The molecule has 0 heterocycles. The van der Waals surface area contributed by atoms with Crippen LogP contribution >= 0.6 is 0 Å². The van der Waals surface area contributed by atoms with Crippen molar-refractivity contribution >= 4 is 6.03 Å². The number of aliphatic hydroxyl groups is 1. The van der Waals surface area contributed by atoms with Crippen molar-refractivity contribution in [3.63, 3.8) is 0 Å². The normalized spacial score (nSPS) is 25.2. The van der Waals surface area contributed by atoms with Crippen molar-refractivity contribution in [3.05, 3.63) is 0 Å². The molecular formula is C16H30N2O2. The van der Waals surface area contributed by atoms with Crippen LogP contribution in [0.15, 0.2) is 0 Å². The summed E-state index contributed by atoms with van der Waals surface area (Å²) in [6.45, 7) is 5.54. The number of unbranched alkanes of at least 4 members (excludes halogenated alkanes) is 1. The average Bonchev–Trinajstić information content (AvgIpc) is 3.21. The maximum Gasteiger partial charge on any atom is 0.317 e. The summed E-state index contributed by atoms with van der Waals surface area (Å²) in [4.78, 5) is 14.5. The van der Waals surface area contributed by atoms with Crippen molar-refractivity contribution in [3.8, 4) is 0 Å². The van der Waals surface area contributed by atoms with Crippen molar-refractivity contribution < 1.29 is 9.90 Å². The van der Waals surface area contributed by atoms with Gasteiger partial charge in [-0.15, -0.1) is 0 Å². The van der Waals surface area contributed by atoms with Crippen LogP contribution in [-0.2, 0) is 0 Å². The topological polar surface area (TPSA) is 52.6 Å². The van der Waals surface area contributed by atoms with Gasteiger partial charge in [0.25, 0.3) is 0 Å². The molecule has 4 nitrogen and oxygen atoms in total. The molecular weight excluding hydrogens is 252 g/mol. The third-order valence-electron chi connectivity index (χ3n) is 4.86. The SMILES string of the molecule is CC1(C)CCCCC1NC(=O)N(CCCCO)C1CC1. The summed E-state index contributed by atoms with van der Waals surface area (Å²) in [7, 11) is 0. The molecule has 2 aliphatic rings. The van der Waals surface area contributed by atoms with Gasteiger partial charge in [0.05, 0.1) is 0 Å². The van der Waals surface area contributed by atoms with E-state index in [0.717, 1.165) is 38.6 Å². The van der Waals surface area contributed by atoms with Gasteiger partial charge in [-0.3, -0.25) is 0 Å². The lowest BCUT2D eigenvalue weighted by atomic mass is 9.73. The highest BCUT2D eigenvalue weighted by molar-refractivity contribution is 5.75. The fourth-order valence-corrected chi connectivity index (χ4v) is 3.22. The highest BCUT2D eigenvalue weighted by Gasteiger charge is 2.37. The fourth-order valence-electron chi connectivity index (χ4n) is 3.22. The molecule has 1 atom stereocenters. The van der Waals surface area contributed by atoms with Crippen LogP contribution in [0, 0.1) is 5.41 Å². The number of carbonyl (C=O) groups is 1. The molecule has 0 aromatic heterocycles. The second-order valence-corrected chi connectivity index (χ2v) is 7.09. The summed E-state index contributed by atoms with van der Waals surface area (Å²) in [6.07, 6.45) is 8.77. The zero-order valence-corrected chi connectivity index (χ0v) is 13.0. The van der Waals surface area contributed by atoms with E-state index >= 15 is 0 Å². The number of aliphatic hydroxyl groups excluding tert-OH is 1. The smallest absolute Gasteiger partial charge is 0.317 e. The van der Waals surface area contributed by atoms with Crippen LogP contribution in [0.3, 0.4) is 0 Å². The zero-order valence-electron chi connectivity index (χ0n) is 13.0. The first-order valence-corrected chi connectivity index (χ1v) is 8.22. The molecule has 116 valence electrons. The van der Waals surface area contributed by atoms with E-state index in [1.807, 2.05) is 4.90 Å². The summed E-state index contributed by atoms with van der Waals surface area (Å²) in [5.74, 6) is 0. The predicted molar refractivity (Wildman–Crippen MR) is 80.6 cm³/mol. The van der Waals surface area contributed by atoms with E-state index in [1.54, 1.807) is 0 Å². The Labute approximate surface area is 122 Å². The summed E-state index contributed by atoms with van der Waals surface area (Å²) in [6, 6.07) is 0.869. The van der Waals surface area contributed by atoms with Gasteiger partial charge < -0.3 is 15.3 Å². The second kappa shape index (κ2) is 6.79. The summed E-state index contributed by atoms with van der Waals surface area (Å²) >= 11 is 0. The van der Waals surface area contributed by atoms with Crippen molar-refractivity contribution in [1.29, 1.82) is 0 Å². The van der Waals surface area contributed by atoms with Gasteiger partial charge in [-0.1, -0.05) is 26.7 Å². The lowest BCUT2D eigenvalue weighted by molar-refractivity contribution is 0.145. The van der Waals surface area contributed by atoms with E-state index in [4.69, 9.17) is 5.11 Å². The van der Waals surface area contributed by atoms with Gasteiger partial charge in [0, 0.05) is 25.2 Å². The van der Waals surface area contributed by atoms with Crippen molar-refractivity contribution in [2.45, 2.75) is 77.3 Å². The van der Waals surface area contributed by atoms with Crippen LogP contribution in [0.1, 0.15) is 65.2 Å². The third-order valence-corrected chi connectivity index (χ3v) is 4.86. The van der Waals surface area contributed by atoms with Crippen LogP contribution in [0.5, 0.6) is 0 Å². The van der Waals surface area contributed by atoms with Crippen LogP contribution in [-0.4, -0.2) is 41.3 Å². The van der Waals surface area contributed by atoms with E-state index in [-0.39, 0.29) is 18.1 Å². The molecule has 2 aliphatic carbocycles. The Morgan fingerprint density at radius 1 is 1.25 bits per heavy atom. The molecule has 1 unspecified atom stereocenters. The van der Waals surface area contributed by atoms with E-state index in [1.165, 1.54) is 19.3 Å². The Morgan fingerprint density at radius 3 is 2.60 bits per heavy atom. The molecule has 0 saturated heterocycles. The monoisotopic (exact) mass is 282 g/mol. The number of hydrogen-bond donors (Lipinski definition) is 2. The van der Waals surface area contributed by atoms with E-state index in [2.05, 4.69) is 19.2 Å². The Bertz CT molecular complexity index is 326. The fraction of sp³-hybridized carbons (Fsp3) is 0.938. The first-order valence-electron chi connectivity index (χ1n) is 8.22. The minimum atomic E-state index is 0.116. The maximum absolute atomic E-state index is 12.5. The Balaban J connectivity index is 1.87. The van der Waals surface area contributed by atoms with Crippen LogP contribution < -0.4 is 5.32 Å². The van der Waals surface area contributed by atoms with Crippen molar-refractivity contribution in [1.82, 2.24) is 10.2 Å². The molecule has 0 aromatic rings. The average molecular weight is 282 g/mol. The molecule has 0 aliphatic heterocycles. The van der Waals surface area contributed by atoms with Crippen LogP contribution in [0.25, 0.3) is 0 Å². The van der Waals surface area contributed by atoms with Gasteiger partial charge in [-0.25, -0.2) is 4.79 Å². The molecule has 2 rings (SSSR count). The molecule has 20 heavy (non-hydrogen) atoms. The number of urea groups is 1. The highest BCUT2D eigenvalue weighted by Crippen LogP contribution is 2.36. The third kappa shape index (κ3) is 4.11. The Hall–Kier alpha value is -0.770. The summed E-state index contributed by atoms with van der Waals surface area (Å²) in [5.41, 5.74) is 0.216. The van der Waals surface area contributed by atoms with Crippen LogP contribution in [0.2, 0.25) is 0 Å². The number of nitrogens with one attached hydrogen (secondary N) is 1. The number of amides is 2. The van der Waals surface area contributed by atoms with E-state index < -0.39 is 0 Å². The molecule has 0 spiro atoms. The zero-order chi connectivity index (χ0) is 14.6. The minimum absolute atomic E-state index is 0.116. The predicted octanol–water partition coefficient (Wildman–Crippen LogP) is 2.90. The standard InChI is InChI=1S/C16H30N2O2/c1-16(2)10-4-3-7-14(16)17-15(20)18(13-8-9-13)11-5-6-12-19/h13-14,19H,3-12H2,1-2H3,(H,17,20). The lowest BCUT2D eigenvalue weighted by Crippen LogP contribution is -2.52. The molecule has 2 N–H and O–H groups in total. The number of rotatable bonds is 6. The summed E-state index contributed by atoms with van der Waals surface area (Å²) < 4.78 is 0. The molecule has 2 fully saturated rings. The Kier molecular flexibility index (Phi) is 5.30. The first-order chi connectivity index (χ1) is 9.54. The van der Waals surface area contributed by atoms with Gasteiger partial charge in [-0.05, 0) is 43.9 Å². The van der Waals surface area contributed by atoms with E-state index in [0.29, 0.717) is 12.1 Å². The summed E-state index contributed by atoms with van der Waals surface area (Å²) in [5, 5.41) is 12.2. The van der Waals surface area contributed by atoms with Crippen molar-refractivity contribution in [2.75, 3.05) is 13.2 Å². The van der Waals surface area contributed by atoms with Gasteiger partial charge in [-0.2, -0.15) is 0 Å². The van der Waals surface area contributed by atoms with Gasteiger partial charge in [0.1, 0.15) is 0 Å². The van der Waals surface area contributed by atoms with Crippen molar-refractivity contribution in [2.24, 2.45) is 5.41 Å². The molecule has 2 saturated carbocycles. The van der Waals surface area contributed by atoms with Gasteiger partial charge in [0.15, 0.2) is 0 Å². The second-order valence-electron chi connectivity index (χ2n) is 7.09. The Morgan fingerprint density at radius 2 is 2.00 bits per heavy atom. The molecule has 0 aromatic carbocycles. The number of carbonyl (C=O) groups excluding carboxylic acids is 1. The number of hydrogen-bond acceptors (Lipinski definition) is 2. The number of nitrogens with zero attached hydrogens (tertiary/aromatic N) is 1. The van der Waals surface area contributed by atoms with E-state index in [9.17, 15) is 4.79 Å². The first kappa shape index (κ1) is 15.6.